The molecule has 15 heavy (non-hydrogen) atoms. The molecule has 5 heteroatoms. The Bertz CT molecular complexity index is 440. The van der Waals surface area contributed by atoms with Gasteiger partial charge in [-0.25, -0.2) is 4.39 Å². The van der Waals surface area contributed by atoms with Crippen LogP contribution < -0.4 is 4.74 Å². The average molecular weight is 272 g/mol. The van der Waals surface area contributed by atoms with E-state index >= 15 is 0 Å². The number of carbonyl (C=O) groups is 1. The number of alkyl halides is 1. The molecule has 0 saturated carbocycles. The van der Waals surface area contributed by atoms with Gasteiger partial charge in [0.1, 0.15) is 17.6 Å². The van der Waals surface area contributed by atoms with Gasteiger partial charge in [-0.3, -0.25) is 4.79 Å². The van der Waals surface area contributed by atoms with Crippen LogP contribution in [0.4, 0.5) is 4.39 Å². The number of benzene rings is 1. The summed E-state index contributed by atoms with van der Waals surface area (Å²) in [6.07, 6.45) is 0. The number of hydrogen-bond donors (Lipinski definition) is 0. The number of ether oxygens (including phenoxy) is 1. The molecule has 3 nitrogen and oxygen atoms in total. The first-order valence-electron chi connectivity index (χ1n) is 4.01. The molecule has 0 aliphatic heterocycles. The number of Topliss-reactive ketones (excluding diaryl/α,β-unsaturated/α-hetero) is 1. The molecule has 0 aromatic heterocycles. The number of nitrogens with zero attached hydrogens (tertiary/aromatic N) is 1. The van der Waals surface area contributed by atoms with Gasteiger partial charge in [0.15, 0.2) is 5.78 Å². The molecule has 0 amide bonds. The van der Waals surface area contributed by atoms with Crippen molar-refractivity contribution in [2.75, 3.05) is 12.4 Å². The lowest BCUT2D eigenvalue weighted by atomic mass is 10.1. The van der Waals surface area contributed by atoms with Gasteiger partial charge in [0, 0.05) is 0 Å². The molecule has 0 spiro atoms. The van der Waals surface area contributed by atoms with E-state index in [0.717, 1.165) is 6.07 Å². The molecule has 0 aliphatic carbocycles. The number of halogens is 2. The second kappa shape index (κ2) is 4.89. The summed E-state index contributed by atoms with van der Waals surface area (Å²) >= 11 is 2.94. The maximum atomic E-state index is 13.4. The second-order valence-corrected chi connectivity index (χ2v) is 3.23. The number of hydrogen-bond acceptors (Lipinski definition) is 3. The third-order valence-corrected chi connectivity index (χ3v) is 2.34. The summed E-state index contributed by atoms with van der Waals surface area (Å²) in [6, 6.07) is 4.19. The SMILES string of the molecule is COc1c(C#N)ccc(F)c1C(=O)CBr. The predicted octanol–water partition coefficient (Wildman–Crippen LogP) is 2.28. The van der Waals surface area contributed by atoms with Gasteiger partial charge >= 0.3 is 0 Å². The molecule has 0 radical (unpaired) electrons. The molecule has 0 bridgehead atoms. The lowest BCUT2D eigenvalue weighted by molar-refractivity contribution is 0.101. The lowest BCUT2D eigenvalue weighted by Crippen LogP contribution is -2.07. The molecular weight excluding hydrogens is 265 g/mol. The molecule has 0 heterocycles. The van der Waals surface area contributed by atoms with Crippen molar-refractivity contribution in [3.05, 3.63) is 29.1 Å². The van der Waals surface area contributed by atoms with E-state index in [2.05, 4.69) is 15.9 Å². The van der Waals surface area contributed by atoms with E-state index in [1.165, 1.54) is 13.2 Å². The molecule has 0 fully saturated rings. The van der Waals surface area contributed by atoms with Crippen LogP contribution in [0.5, 0.6) is 5.75 Å². The summed E-state index contributed by atoms with van der Waals surface area (Å²) in [5.74, 6) is -1.15. The zero-order valence-corrected chi connectivity index (χ0v) is 9.47. The Hall–Kier alpha value is -1.41. The highest BCUT2D eigenvalue weighted by atomic mass is 79.9. The van der Waals surface area contributed by atoms with Gasteiger partial charge in [0.2, 0.25) is 0 Å². The fourth-order valence-electron chi connectivity index (χ4n) is 1.19. The highest BCUT2D eigenvalue weighted by Crippen LogP contribution is 2.26. The monoisotopic (exact) mass is 271 g/mol. The Morgan fingerprint density at radius 3 is 2.80 bits per heavy atom. The van der Waals surface area contributed by atoms with E-state index in [4.69, 9.17) is 10.00 Å². The lowest BCUT2D eigenvalue weighted by Gasteiger charge is -2.08. The minimum atomic E-state index is -0.685. The van der Waals surface area contributed by atoms with Crippen molar-refractivity contribution in [3.63, 3.8) is 0 Å². The number of ketones is 1. The fraction of sp³-hybridized carbons (Fsp3) is 0.200. The van der Waals surface area contributed by atoms with E-state index in [0.29, 0.717) is 0 Å². The smallest absolute Gasteiger partial charge is 0.180 e. The Kier molecular flexibility index (Phi) is 3.81. The zero-order chi connectivity index (χ0) is 11.4. The average Bonchev–Trinajstić information content (AvgIpc) is 2.27. The Morgan fingerprint density at radius 2 is 2.33 bits per heavy atom. The summed E-state index contributed by atoms with van der Waals surface area (Å²) in [4.78, 5) is 11.4. The zero-order valence-electron chi connectivity index (χ0n) is 7.88. The van der Waals surface area contributed by atoms with Crippen LogP contribution in [0.3, 0.4) is 0 Å². The maximum Gasteiger partial charge on any atom is 0.180 e. The van der Waals surface area contributed by atoms with E-state index in [1.54, 1.807) is 0 Å². The summed E-state index contributed by atoms with van der Waals surface area (Å²) in [6.45, 7) is 0. The number of rotatable bonds is 3. The highest BCUT2D eigenvalue weighted by Gasteiger charge is 2.19. The quantitative estimate of drug-likeness (QED) is 0.626. The van der Waals surface area contributed by atoms with Crippen molar-refractivity contribution >= 4 is 21.7 Å². The minimum absolute atomic E-state index is 0.0121. The third kappa shape index (κ3) is 2.16. The Morgan fingerprint density at radius 1 is 1.67 bits per heavy atom. The van der Waals surface area contributed by atoms with E-state index in [1.807, 2.05) is 6.07 Å². The van der Waals surface area contributed by atoms with Crippen LogP contribution in [0, 0.1) is 17.1 Å². The normalized spacial score (nSPS) is 9.47. The van der Waals surface area contributed by atoms with Crippen molar-refractivity contribution in [3.8, 4) is 11.8 Å². The van der Waals surface area contributed by atoms with Crippen LogP contribution in [-0.4, -0.2) is 18.2 Å². The Balaban J connectivity index is 3.47. The number of nitriles is 1. The van der Waals surface area contributed by atoms with Crippen LogP contribution in [0.15, 0.2) is 12.1 Å². The topological polar surface area (TPSA) is 50.1 Å². The van der Waals surface area contributed by atoms with E-state index in [-0.39, 0.29) is 22.2 Å². The summed E-state index contributed by atoms with van der Waals surface area (Å²) in [5, 5.41) is 8.73. The van der Waals surface area contributed by atoms with Crippen molar-refractivity contribution in [1.82, 2.24) is 0 Å². The predicted molar refractivity (Wildman–Crippen MR) is 55.8 cm³/mol. The molecule has 0 saturated heterocycles. The molecule has 0 unspecified atom stereocenters. The largest absolute Gasteiger partial charge is 0.494 e. The van der Waals surface area contributed by atoms with E-state index < -0.39 is 11.6 Å². The number of methoxy groups -OCH3 is 1. The second-order valence-electron chi connectivity index (χ2n) is 2.67. The van der Waals surface area contributed by atoms with Crippen molar-refractivity contribution in [2.24, 2.45) is 0 Å². The molecule has 0 N–H and O–H groups in total. The molecule has 78 valence electrons. The molecular formula is C10H7BrFNO2. The summed E-state index contributed by atoms with van der Waals surface area (Å²) in [7, 11) is 1.29. The molecule has 1 aromatic rings. The summed E-state index contributed by atoms with van der Waals surface area (Å²) < 4.78 is 18.2. The van der Waals surface area contributed by atoms with Crippen LogP contribution in [-0.2, 0) is 0 Å². The first-order valence-corrected chi connectivity index (χ1v) is 5.13. The van der Waals surface area contributed by atoms with Gasteiger partial charge in [-0.15, -0.1) is 0 Å². The van der Waals surface area contributed by atoms with Gasteiger partial charge in [0.25, 0.3) is 0 Å². The van der Waals surface area contributed by atoms with Gasteiger partial charge in [0.05, 0.1) is 23.6 Å². The van der Waals surface area contributed by atoms with Crippen molar-refractivity contribution in [2.45, 2.75) is 0 Å². The fourth-order valence-corrected chi connectivity index (χ4v) is 1.47. The summed E-state index contributed by atoms with van der Waals surface area (Å²) in [5.41, 5.74) is -0.0448. The third-order valence-electron chi connectivity index (χ3n) is 1.83. The van der Waals surface area contributed by atoms with Crippen molar-refractivity contribution in [1.29, 1.82) is 5.26 Å². The Labute approximate surface area is 94.6 Å². The molecule has 0 atom stereocenters. The van der Waals surface area contributed by atoms with Crippen LogP contribution in [0.2, 0.25) is 0 Å². The molecule has 1 rings (SSSR count). The van der Waals surface area contributed by atoms with Gasteiger partial charge < -0.3 is 4.74 Å². The minimum Gasteiger partial charge on any atom is -0.494 e. The van der Waals surface area contributed by atoms with Gasteiger partial charge in [-0.2, -0.15) is 5.26 Å². The highest BCUT2D eigenvalue weighted by molar-refractivity contribution is 9.09. The van der Waals surface area contributed by atoms with Crippen LogP contribution >= 0.6 is 15.9 Å². The first-order chi connectivity index (χ1) is 7.15. The van der Waals surface area contributed by atoms with E-state index in [9.17, 15) is 9.18 Å². The first kappa shape index (κ1) is 11.7. The van der Waals surface area contributed by atoms with Crippen molar-refractivity contribution < 1.29 is 13.9 Å². The molecule has 0 aliphatic rings. The van der Waals surface area contributed by atoms with Crippen LogP contribution in [0.25, 0.3) is 0 Å². The van der Waals surface area contributed by atoms with Gasteiger partial charge in [-0.05, 0) is 12.1 Å². The number of carbonyl (C=O) groups excluding carboxylic acids is 1. The maximum absolute atomic E-state index is 13.4. The standard InChI is InChI=1S/C10H7BrFNO2/c1-15-10-6(5-13)2-3-7(12)9(10)8(14)4-11/h2-3H,4H2,1H3. The van der Waals surface area contributed by atoms with Gasteiger partial charge in [-0.1, -0.05) is 15.9 Å². The molecule has 1 aromatic carbocycles. The van der Waals surface area contributed by atoms with Crippen LogP contribution in [0.1, 0.15) is 15.9 Å².